The molecule has 0 saturated carbocycles. The zero-order chi connectivity index (χ0) is 18.1. The van der Waals surface area contributed by atoms with Crippen molar-refractivity contribution in [3.05, 3.63) is 70.8 Å². The third-order valence-electron chi connectivity index (χ3n) is 3.86. The molecule has 5 nitrogen and oxygen atoms in total. The lowest BCUT2D eigenvalue weighted by Gasteiger charge is -2.07. The quantitative estimate of drug-likeness (QED) is 0.716. The Morgan fingerprint density at radius 1 is 0.692 bits per heavy atom. The first-order chi connectivity index (χ1) is 12.1. The van der Waals surface area contributed by atoms with Gasteiger partial charge in [0, 0.05) is 13.1 Å². The summed E-state index contributed by atoms with van der Waals surface area (Å²) in [6.07, 6.45) is 0.588. The van der Waals surface area contributed by atoms with E-state index in [4.69, 9.17) is 0 Å². The number of rotatable bonds is 8. The normalized spacial score (nSPS) is 9.92. The van der Waals surface area contributed by atoms with Crippen LogP contribution in [0, 0.1) is 0 Å². The predicted molar refractivity (Wildman–Crippen MR) is 102 cm³/mol. The van der Waals surface area contributed by atoms with E-state index in [0.717, 1.165) is 35.3 Å². The Bertz CT molecular complexity index is 637. The van der Waals surface area contributed by atoms with Gasteiger partial charge in [-0.15, -0.1) is 12.4 Å². The highest BCUT2D eigenvalue weighted by atomic mass is 35.5. The van der Waals surface area contributed by atoms with Crippen LogP contribution in [0.3, 0.4) is 0 Å². The third kappa shape index (κ3) is 7.25. The van der Waals surface area contributed by atoms with Crippen LogP contribution in [0.5, 0.6) is 0 Å². The number of esters is 2. The molecule has 0 bridgehead atoms. The molecule has 0 radical (unpaired) electrons. The molecule has 6 heteroatoms. The summed E-state index contributed by atoms with van der Waals surface area (Å²) in [4.78, 5) is 22.5. The van der Waals surface area contributed by atoms with Gasteiger partial charge in [-0.1, -0.05) is 48.5 Å². The summed E-state index contributed by atoms with van der Waals surface area (Å²) < 4.78 is 9.31. The summed E-state index contributed by atoms with van der Waals surface area (Å²) in [5.74, 6) is -0.469. The monoisotopic (exact) mass is 377 g/mol. The summed E-state index contributed by atoms with van der Waals surface area (Å²) >= 11 is 0. The minimum atomic E-state index is -0.235. The van der Waals surface area contributed by atoms with Crippen LogP contribution >= 0.6 is 12.4 Å². The van der Waals surface area contributed by atoms with Crippen molar-refractivity contribution in [3.63, 3.8) is 0 Å². The smallest absolute Gasteiger partial charge is 0.309 e. The fraction of sp³-hybridized carbons (Fsp3) is 0.300. The van der Waals surface area contributed by atoms with Crippen LogP contribution in [-0.2, 0) is 45.0 Å². The number of ether oxygens (including phenoxy) is 2. The van der Waals surface area contributed by atoms with Crippen LogP contribution in [0.1, 0.15) is 22.3 Å². The fourth-order valence-corrected chi connectivity index (χ4v) is 2.38. The Morgan fingerprint density at radius 2 is 1.00 bits per heavy atom. The number of carbonyl (C=O) groups excluding carboxylic acids is 2. The average molecular weight is 378 g/mol. The van der Waals surface area contributed by atoms with Crippen LogP contribution in [0.15, 0.2) is 48.5 Å². The first kappa shape index (κ1) is 21.7. The van der Waals surface area contributed by atoms with Crippen molar-refractivity contribution in [1.82, 2.24) is 5.32 Å². The molecule has 2 aromatic rings. The van der Waals surface area contributed by atoms with Crippen molar-refractivity contribution in [3.8, 4) is 0 Å². The summed E-state index contributed by atoms with van der Waals surface area (Å²) in [5.41, 5.74) is 4.18. The predicted octanol–water partition coefficient (Wildman–Crippen LogP) is 2.83. The van der Waals surface area contributed by atoms with E-state index in [1.54, 1.807) is 0 Å². The van der Waals surface area contributed by atoms with E-state index >= 15 is 0 Å². The molecular weight excluding hydrogens is 354 g/mol. The maximum atomic E-state index is 11.2. The van der Waals surface area contributed by atoms with Gasteiger partial charge < -0.3 is 14.8 Å². The number of methoxy groups -OCH3 is 2. The van der Waals surface area contributed by atoms with E-state index < -0.39 is 0 Å². The topological polar surface area (TPSA) is 64.6 Å². The van der Waals surface area contributed by atoms with Crippen molar-refractivity contribution < 1.29 is 19.1 Å². The molecule has 0 unspecified atom stereocenters. The second-order valence-corrected chi connectivity index (χ2v) is 5.74. The minimum Gasteiger partial charge on any atom is -0.469 e. The molecular formula is C20H24ClNO4. The van der Waals surface area contributed by atoms with E-state index in [1.807, 2.05) is 48.5 Å². The van der Waals surface area contributed by atoms with Gasteiger partial charge in [0.15, 0.2) is 0 Å². The van der Waals surface area contributed by atoms with Crippen LogP contribution in [-0.4, -0.2) is 26.2 Å². The lowest BCUT2D eigenvalue weighted by atomic mass is 10.1. The first-order valence-electron chi connectivity index (χ1n) is 8.10. The maximum Gasteiger partial charge on any atom is 0.309 e. The number of nitrogens with one attached hydrogen (secondary N) is 1. The van der Waals surface area contributed by atoms with Crippen molar-refractivity contribution in [2.45, 2.75) is 25.9 Å². The van der Waals surface area contributed by atoms with Crippen molar-refractivity contribution in [2.75, 3.05) is 14.2 Å². The van der Waals surface area contributed by atoms with Crippen LogP contribution in [0.2, 0.25) is 0 Å². The maximum absolute atomic E-state index is 11.2. The molecule has 26 heavy (non-hydrogen) atoms. The highest BCUT2D eigenvalue weighted by Crippen LogP contribution is 2.08. The highest BCUT2D eigenvalue weighted by Gasteiger charge is 2.04. The second kappa shape index (κ2) is 11.3. The van der Waals surface area contributed by atoms with E-state index in [0.29, 0.717) is 12.8 Å². The molecule has 0 spiro atoms. The van der Waals surface area contributed by atoms with Gasteiger partial charge in [-0.3, -0.25) is 9.59 Å². The minimum absolute atomic E-state index is 0. The molecule has 0 aromatic heterocycles. The van der Waals surface area contributed by atoms with Gasteiger partial charge in [0.1, 0.15) is 0 Å². The van der Waals surface area contributed by atoms with Crippen LogP contribution in [0.4, 0.5) is 0 Å². The Hall–Kier alpha value is -2.37. The molecule has 0 aliphatic carbocycles. The Balaban J connectivity index is 0.00000338. The van der Waals surface area contributed by atoms with Gasteiger partial charge in [0.2, 0.25) is 0 Å². The van der Waals surface area contributed by atoms with E-state index in [-0.39, 0.29) is 24.3 Å². The Labute approximate surface area is 160 Å². The average Bonchev–Trinajstić information content (AvgIpc) is 2.64. The summed E-state index contributed by atoms with van der Waals surface area (Å²) in [6, 6.07) is 15.8. The molecule has 0 aliphatic rings. The molecule has 0 aliphatic heterocycles. The standard InChI is InChI=1S/C20H23NO4.ClH/c1-24-19(22)11-15-3-7-17(8-4-15)13-21-14-18-9-5-16(6-10-18)12-20(23)25-2;/h3-10,21H,11-14H2,1-2H3;1H. The Morgan fingerprint density at radius 3 is 1.31 bits per heavy atom. The van der Waals surface area contributed by atoms with E-state index in [9.17, 15) is 9.59 Å². The summed E-state index contributed by atoms with van der Waals surface area (Å²) in [7, 11) is 2.78. The SMILES string of the molecule is COC(=O)Cc1ccc(CNCc2ccc(CC(=O)OC)cc2)cc1.Cl. The molecule has 2 rings (SSSR count). The zero-order valence-electron chi connectivity index (χ0n) is 15.0. The fourth-order valence-electron chi connectivity index (χ4n) is 2.38. The molecule has 0 amide bonds. The van der Waals surface area contributed by atoms with Crippen LogP contribution < -0.4 is 5.32 Å². The number of benzene rings is 2. The zero-order valence-corrected chi connectivity index (χ0v) is 15.8. The van der Waals surface area contributed by atoms with Crippen molar-refractivity contribution in [2.24, 2.45) is 0 Å². The highest BCUT2D eigenvalue weighted by molar-refractivity contribution is 5.85. The van der Waals surface area contributed by atoms with Crippen LogP contribution in [0.25, 0.3) is 0 Å². The largest absolute Gasteiger partial charge is 0.469 e. The van der Waals surface area contributed by atoms with E-state index in [1.165, 1.54) is 14.2 Å². The van der Waals surface area contributed by atoms with Gasteiger partial charge in [-0.25, -0.2) is 0 Å². The molecule has 1 N–H and O–H groups in total. The van der Waals surface area contributed by atoms with Gasteiger partial charge in [0.05, 0.1) is 27.1 Å². The molecule has 0 atom stereocenters. The lowest BCUT2D eigenvalue weighted by molar-refractivity contribution is -0.140. The summed E-state index contributed by atoms with van der Waals surface area (Å²) in [5, 5.41) is 3.38. The molecule has 0 fully saturated rings. The molecule has 2 aromatic carbocycles. The van der Waals surface area contributed by atoms with Crippen molar-refractivity contribution >= 4 is 24.3 Å². The molecule has 140 valence electrons. The van der Waals surface area contributed by atoms with Gasteiger partial charge >= 0.3 is 11.9 Å². The first-order valence-corrected chi connectivity index (χ1v) is 8.10. The lowest BCUT2D eigenvalue weighted by Crippen LogP contribution is -2.13. The molecule has 0 saturated heterocycles. The summed E-state index contributed by atoms with van der Waals surface area (Å²) in [6.45, 7) is 1.48. The van der Waals surface area contributed by atoms with Gasteiger partial charge in [0.25, 0.3) is 0 Å². The number of carbonyl (C=O) groups is 2. The van der Waals surface area contributed by atoms with Gasteiger partial charge in [-0.2, -0.15) is 0 Å². The Kier molecular flexibility index (Phi) is 9.41. The van der Waals surface area contributed by atoms with E-state index in [2.05, 4.69) is 14.8 Å². The number of halogens is 1. The van der Waals surface area contributed by atoms with Crippen molar-refractivity contribution in [1.29, 1.82) is 0 Å². The number of hydrogen-bond donors (Lipinski definition) is 1. The molecule has 0 heterocycles. The second-order valence-electron chi connectivity index (χ2n) is 5.74. The number of hydrogen-bond acceptors (Lipinski definition) is 5. The van der Waals surface area contributed by atoms with Gasteiger partial charge in [-0.05, 0) is 22.3 Å². The third-order valence-corrected chi connectivity index (χ3v) is 3.86.